The number of hydrogen-bond donors (Lipinski definition) is 2. The van der Waals surface area contributed by atoms with Crippen LogP contribution in [0.3, 0.4) is 0 Å². The van der Waals surface area contributed by atoms with Gasteiger partial charge < -0.3 is 19.9 Å². The second-order valence-electron chi connectivity index (χ2n) is 6.79. The van der Waals surface area contributed by atoms with Crippen LogP contribution >= 0.6 is 0 Å². The van der Waals surface area contributed by atoms with E-state index in [4.69, 9.17) is 4.74 Å². The Bertz CT molecular complexity index is 508. The number of ether oxygens (including phenoxy) is 1. The molecule has 2 aliphatic rings. The van der Waals surface area contributed by atoms with E-state index in [2.05, 4.69) is 47.2 Å². The lowest BCUT2D eigenvalue weighted by Crippen LogP contribution is -2.67. The minimum absolute atomic E-state index is 0.171. The summed E-state index contributed by atoms with van der Waals surface area (Å²) in [6.45, 7) is 6.29. The molecule has 1 saturated heterocycles. The highest BCUT2D eigenvalue weighted by atomic mass is 16.5. The molecule has 5 nitrogen and oxygen atoms in total. The van der Waals surface area contributed by atoms with E-state index in [1.165, 1.54) is 5.69 Å². The van der Waals surface area contributed by atoms with Gasteiger partial charge in [0.2, 0.25) is 0 Å². The minimum atomic E-state index is 0.171. The molecule has 0 radical (unpaired) electrons. The van der Waals surface area contributed by atoms with Crippen LogP contribution in [-0.4, -0.2) is 48.7 Å². The average molecular weight is 290 g/mol. The smallest absolute Gasteiger partial charge is 0.193 e. The highest BCUT2D eigenvalue weighted by molar-refractivity contribution is 5.80. The summed E-state index contributed by atoms with van der Waals surface area (Å²) < 4.78 is 5.86. The van der Waals surface area contributed by atoms with Crippen LogP contribution in [0.4, 0.5) is 0 Å². The number of H-pyrrole nitrogens is 1. The molecular weight excluding hydrogens is 264 g/mol. The Hall–Kier alpha value is -1.49. The molecule has 1 aromatic rings. The van der Waals surface area contributed by atoms with E-state index in [1.54, 1.807) is 0 Å². The third kappa shape index (κ3) is 2.44. The van der Waals surface area contributed by atoms with Crippen molar-refractivity contribution in [3.8, 4) is 0 Å². The van der Waals surface area contributed by atoms with Gasteiger partial charge in [-0.2, -0.15) is 0 Å². The summed E-state index contributed by atoms with van der Waals surface area (Å²) in [7, 11) is 3.92. The summed E-state index contributed by atoms with van der Waals surface area (Å²) in [6, 6.07) is 4.56. The van der Waals surface area contributed by atoms with E-state index < -0.39 is 0 Å². The van der Waals surface area contributed by atoms with Gasteiger partial charge in [-0.25, -0.2) is 0 Å². The first-order valence-electron chi connectivity index (χ1n) is 7.72. The minimum Gasteiger partial charge on any atom is -0.377 e. The van der Waals surface area contributed by atoms with E-state index >= 15 is 0 Å². The molecule has 3 unspecified atom stereocenters. The molecule has 1 saturated carbocycles. The zero-order chi connectivity index (χ0) is 15.0. The first kappa shape index (κ1) is 14.4. The van der Waals surface area contributed by atoms with Crippen molar-refractivity contribution in [1.82, 2.24) is 15.2 Å². The number of fused-ring (bicyclic) bond motifs is 1. The van der Waals surface area contributed by atoms with Crippen molar-refractivity contribution in [2.75, 3.05) is 20.7 Å². The summed E-state index contributed by atoms with van der Waals surface area (Å²) in [4.78, 5) is 9.84. The molecule has 1 aliphatic carbocycles. The lowest BCUT2D eigenvalue weighted by Gasteiger charge is -2.55. The van der Waals surface area contributed by atoms with Crippen molar-refractivity contribution >= 4 is 5.96 Å². The number of rotatable bonds is 3. The lowest BCUT2D eigenvalue weighted by atomic mass is 9.57. The zero-order valence-corrected chi connectivity index (χ0v) is 13.4. The van der Waals surface area contributed by atoms with E-state index in [1.807, 2.05) is 19.3 Å². The van der Waals surface area contributed by atoms with Crippen molar-refractivity contribution < 1.29 is 4.74 Å². The molecule has 2 fully saturated rings. The van der Waals surface area contributed by atoms with Gasteiger partial charge in [0.15, 0.2) is 5.96 Å². The topological polar surface area (TPSA) is 52.7 Å². The highest BCUT2D eigenvalue weighted by Gasteiger charge is 2.59. The number of aromatic nitrogens is 1. The molecule has 0 amide bonds. The third-order valence-electron chi connectivity index (χ3n) is 5.03. The van der Waals surface area contributed by atoms with E-state index in [9.17, 15) is 0 Å². The zero-order valence-electron chi connectivity index (χ0n) is 13.4. The first-order chi connectivity index (χ1) is 10.0. The summed E-state index contributed by atoms with van der Waals surface area (Å²) in [5.74, 6) is 1.57. The van der Waals surface area contributed by atoms with Gasteiger partial charge in [-0.1, -0.05) is 13.8 Å². The predicted octanol–water partition coefficient (Wildman–Crippen LogP) is 1.84. The van der Waals surface area contributed by atoms with Crippen LogP contribution in [-0.2, 0) is 11.3 Å². The lowest BCUT2D eigenvalue weighted by molar-refractivity contribution is -0.107. The molecule has 0 aromatic carbocycles. The van der Waals surface area contributed by atoms with Crippen LogP contribution in [0.25, 0.3) is 0 Å². The molecule has 2 heterocycles. The Morgan fingerprint density at radius 3 is 3.05 bits per heavy atom. The van der Waals surface area contributed by atoms with Crippen LogP contribution in [0.1, 0.15) is 26.0 Å². The maximum absolute atomic E-state index is 5.86. The second kappa shape index (κ2) is 5.37. The van der Waals surface area contributed by atoms with Gasteiger partial charge in [0.25, 0.3) is 0 Å². The highest BCUT2D eigenvalue weighted by Crippen LogP contribution is 2.52. The monoisotopic (exact) mass is 290 g/mol. The van der Waals surface area contributed by atoms with Gasteiger partial charge in [-0.3, -0.25) is 4.99 Å². The van der Waals surface area contributed by atoms with Crippen LogP contribution in [0, 0.1) is 11.3 Å². The van der Waals surface area contributed by atoms with Crippen molar-refractivity contribution in [2.45, 2.75) is 39.0 Å². The Morgan fingerprint density at radius 1 is 1.57 bits per heavy atom. The first-order valence-corrected chi connectivity index (χ1v) is 7.72. The fourth-order valence-corrected chi connectivity index (χ4v) is 3.90. The fraction of sp³-hybridized carbons (Fsp3) is 0.688. The van der Waals surface area contributed by atoms with Gasteiger partial charge >= 0.3 is 0 Å². The van der Waals surface area contributed by atoms with Crippen molar-refractivity contribution in [1.29, 1.82) is 0 Å². The molecule has 1 aliphatic heterocycles. The predicted molar refractivity (Wildman–Crippen MR) is 84.2 cm³/mol. The fourth-order valence-electron chi connectivity index (χ4n) is 3.90. The van der Waals surface area contributed by atoms with E-state index in [0.717, 1.165) is 25.5 Å². The Kier molecular flexibility index (Phi) is 3.69. The molecule has 3 atom stereocenters. The quantitative estimate of drug-likeness (QED) is 0.660. The van der Waals surface area contributed by atoms with E-state index in [-0.39, 0.29) is 5.41 Å². The molecule has 116 valence electrons. The van der Waals surface area contributed by atoms with Crippen molar-refractivity contribution in [2.24, 2.45) is 16.3 Å². The van der Waals surface area contributed by atoms with Gasteiger partial charge in [-0.15, -0.1) is 0 Å². The Morgan fingerprint density at radius 2 is 2.38 bits per heavy atom. The van der Waals surface area contributed by atoms with Crippen LogP contribution < -0.4 is 5.32 Å². The summed E-state index contributed by atoms with van der Waals surface area (Å²) in [6.07, 6.45) is 3.51. The molecule has 5 heteroatoms. The third-order valence-corrected chi connectivity index (χ3v) is 5.03. The van der Waals surface area contributed by atoms with Crippen LogP contribution in [0.15, 0.2) is 23.3 Å². The maximum Gasteiger partial charge on any atom is 0.193 e. The normalized spacial score (nSPS) is 30.7. The number of hydrogen-bond acceptors (Lipinski definition) is 2. The summed E-state index contributed by atoms with van der Waals surface area (Å²) >= 11 is 0. The van der Waals surface area contributed by atoms with Gasteiger partial charge in [0.05, 0.1) is 12.6 Å². The van der Waals surface area contributed by atoms with Gasteiger partial charge in [-0.05, 0) is 18.6 Å². The second-order valence-corrected chi connectivity index (χ2v) is 6.79. The SMILES string of the molecule is CN=C(NC1C2CCOC2C1(C)C)N(C)Cc1ccc[nH]1. The maximum atomic E-state index is 5.86. The largest absolute Gasteiger partial charge is 0.377 e. The molecule has 2 N–H and O–H groups in total. The number of guanidine groups is 1. The molecule has 0 bridgehead atoms. The molecular formula is C16H26N4O. The number of aromatic amines is 1. The van der Waals surface area contributed by atoms with E-state index in [0.29, 0.717) is 18.1 Å². The van der Waals surface area contributed by atoms with Crippen LogP contribution in [0.5, 0.6) is 0 Å². The molecule has 0 spiro atoms. The summed E-state index contributed by atoms with van der Waals surface area (Å²) in [5, 5.41) is 3.66. The average Bonchev–Trinajstić information content (AvgIpc) is 3.09. The van der Waals surface area contributed by atoms with Crippen molar-refractivity contribution in [3.05, 3.63) is 24.0 Å². The molecule has 3 rings (SSSR count). The van der Waals surface area contributed by atoms with Crippen LogP contribution in [0.2, 0.25) is 0 Å². The molecule has 1 aromatic heterocycles. The molecule has 21 heavy (non-hydrogen) atoms. The Balaban J connectivity index is 1.65. The Labute approximate surface area is 126 Å². The number of nitrogens with zero attached hydrogens (tertiary/aromatic N) is 2. The number of aliphatic imine (C=N–C) groups is 1. The summed E-state index contributed by atoms with van der Waals surface area (Å²) in [5.41, 5.74) is 1.36. The number of nitrogens with one attached hydrogen (secondary N) is 2. The van der Waals surface area contributed by atoms with Gasteiger partial charge in [0.1, 0.15) is 0 Å². The van der Waals surface area contributed by atoms with Gasteiger partial charge in [0, 0.05) is 50.0 Å². The standard InChI is InChI=1S/C16H26N4O/c1-16(2)13(12-7-9-21-14(12)16)19-15(17-3)20(4)10-11-6-5-8-18-11/h5-6,8,12-14,18H,7,9-10H2,1-4H3,(H,17,19). The van der Waals surface area contributed by atoms with Crippen molar-refractivity contribution in [3.63, 3.8) is 0 Å².